The Labute approximate surface area is 130 Å². The molecule has 0 radical (unpaired) electrons. The van der Waals surface area contributed by atoms with Crippen LogP contribution in [0.15, 0.2) is 22.7 Å². The van der Waals surface area contributed by atoms with Gasteiger partial charge in [-0.3, -0.25) is 4.79 Å². The molecule has 3 heteroatoms. The summed E-state index contributed by atoms with van der Waals surface area (Å²) in [6, 6.07) is 6.22. The van der Waals surface area contributed by atoms with Crippen molar-refractivity contribution in [3.63, 3.8) is 0 Å². The molecular weight excluding hydrogens is 314 g/mol. The van der Waals surface area contributed by atoms with Gasteiger partial charge in [-0.25, -0.2) is 0 Å². The fraction of sp³-hybridized carbons (Fsp3) is 0.588. The summed E-state index contributed by atoms with van der Waals surface area (Å²) in [4.78, 5) is 12.3. The highest BCUT2D eigenvalue weighted by atomic mass is 79.9. The predicted molar refractivity (Wildman–Crippen MR) is 87.0 cm³/mol. The van der Waals surface area contributed by atoms with Crippen LogP contribution in [0.5, 0.6) is 0 Å². The maximum absolute atomic E-state index is 12.3. The zero-order chi connectivity index (χ0) is 14.5. The minimum Gasteiger partial charge on any atom is -0.349 e. The lowest BCUT2D eigenvalue weighted by atomic mass is 9.83. The van der Waals surface area contributed by atoms with Crippen molar-refractivity contribution in [2.45, 2.75) is 58.4 Å². The molecule has 0 spiro atoms. The molecule has 0 bridgehead atoms. The Balaban J connectivity index is 1.89. The van der Waals surface area contributed by atoms with E-state index in [-0.39, 0.29) is 5.91 Å². The Kier molecular flexibility index (Phi) is 5.64. The van der Waals surface area contributed by atoms with Crippen molar-refractivity contribution in [1.29, 1.82) is 0 Å². The van der Waals surface area contributed by atoms with Gasteiger partial charge >= 0.3 is 0 Å². The van der Waals surface area contributed by atoms with Gasteiger partial charge in [0, 0.05) is 16.1 Å². The number of aryl methyl sites for hydroxylation is 1. The number of carbonyl (C=O) groups is 1. The first-order chi connectivity index (χ1) is 9.58. The first-order valence-electron chi connectivity index (χ1n) is 7.66. The van der Waals surface area contributed by atoms with E-state index < -0.39 is 0 Å². The fourth-order valence-corrected chi connectivity index (χ4v) is 3.75. The van der Waals surface area contributed by atoms with E-state index in [9.17, 15) is 4.79 Å². The average Bonchev–Trinajstić information content (AvgIpc) is 2.40. The van der Waals surface area contributed by atoms with E-state index >= 15 is 0 Å². The number of nitrogens with one attached hydrogen (secondary N) is 1. The Morgan fingerprint density at radius 1 is 1.25 bits per heavy atom. The third-order valence-corrected chi connectivity index (χ3v) is 4.64. The minimum absolute atomic E-state index is 0.0633. The molecule has 0 atom stereocenters. The summed E-state index contributed by atoms with van der Waals surface area (Å²) in [5.74, 6) is 0.939. The van der Waals surface area contributed by atoms with Crippen LogP contribution in [0.3, 0.4) is 0 Å². The third kappa shape index (κ3) is 4.34. The summed E-state index contributed by atoms with van der Waals surface area (Å²) in [5, 5.41) is 3.19. The quantitative estimate of drug-likeness (QED) is 0.836. The lowest BCUT2D eigenvalue weighted by molar-refractivity contribution is 0.0921. The number of rotatable bonds is 4. The van der Waals surface area contributed by atoms with E-state index in [1.807, 2.05) is 25.1 Å². The van der Waals surface area contributed by atoms with Gasteiger partial charge in [-0.2, -0.15) is 0 Å². The van der Waals surface area contributed by atoms with E-state index in [1.54, 1.807) is 0 Å². The molecule has 20 heavy (non-hydrogen) atoms. The van der Waals surface area contributed by atoms with E-state index in [1.165, 1.54) is 25.7 Å². The van der Waals surface area contributed by atoms with Gasteiger partial charge in [0.05, 0.1) is 0 Å². The number of carbonyl (C=O) groups excluding carboxylic acids is 1. The molecule has 1 fully saturated rings. The highest BCUT2D eigenvalue weighted by Gasteiger charge is 2.22. The largest absolute Gasteiger partial charge is 0.349 e. The molecule has 1 aromatic rings. The first-order valence-corrected chi connectivity index (χ1v) is 8.46. The maximum atomic E-state index is 12.3. The molecule has 1 saturated carbocycles. The molecule has 0 heterocycles. The van der Waals surface area contributed by atoms with Gasteiger partial charge in [-0.15, -0.1) is 0 Å². The zero-order valence-corrected chi connectivity index (χ0v) is 14.0. The molecule has 0 unspecified atom stereocenters. The second-order valence-electron chi connectivity index (χ2n) is 6.00. The van der Waals surface area contributed by atoms with Crippen LogP contribution in [0.2, 0.25) is 0 Å². The molecule has 110 valence electrons. The number of benzene rings is 1. The molecule has 1 amide bonds. The van der Waals surface area contributed by atoms with Crippen molar-refractivity contribution in [3.8, 4) is 0 Å². The molecule has 1 aliphatic rings. The Bertz CT molecular complexity index is 444. The highest BCUT2D eigenvalue weighted by molar-refractivity contribution is 9.10. The van der Waals surface area contributed by atoms with Gasteiger partial charge in [0.25, 0.3) is 5.91 Å². The standard InChI is InChI=1S/C17H24BrNO/c1-3-4-13-5-7-16(8-6-13)19-17(20)14-9-12(2)10-15(18)11-14/h9-11,13,16H,3-8H2,1-2H3,(H,19,20). The molecule has 1 N–H and O–H groups in total. The molecule has 1 aromatic carbocycles. The second kappa shape index (κ2) is 7.26. The molecular formula is C17H24BrNO. The average molecular weight is 338 g/mol. The van der Waals surface area contributed by atoms with E-state index in [0.29, 0.717) is 6.04 Å². The normalized spacial score (nSPS) is 22.6. The fourth-order valence-electron chi connectivity index (χ4n) is 3.14. The van der Waals surface area contributed by atoms with Crippen molar-refractivity contribution in [3.05, 3.63) is 33.8 Å². The number of hydrogen-bond acceptors (Lipinski definition) is 1. The van der Waals surface area contributed by atoms with Crippen molar-refractivity contribution >= 4 is 21.8 Å². The van der Waals surface area contributed by atoms with Crippen LogP contribution in [0, 0.1) is 12.8 Å². The third-order valence-electron chi connectivity index (χ3n) is 4.18. The Hall–Kier alpha value is -0.830. The van der Waals surface area contributed by atoms with Crippen LogP contribution in [-0.2, 0) is 0 Å². The van der Waals surface area contributed by atoms with E-state index in [0.717, 1.165) is 34.4 Å². The van der Waals surface area contributed by atoms with Crippen molar-refractivity contribution < 1.29 is 4.79 Å². The second-order valence-corrected chi connectivity index (χ2v) is 6.91. The van der Waals surface area contributed by atoms with Gasteiger partial charge in [0.15, 0.2) is 0 Å². The van der Waals surface area contributed by atoms with E-state index in [4.69, 9.17) is 0 Å². The molecule has 0 aliphatic heterocycles. The summed E-state index contributed by atoms with van der Waals surface area (Å²) in [6.45, 7) is 4.26. The molecule has 0 aromatic heterocycles. The van der Waals surface area contributed by atoms with Gasteiger partial charge in [0.1, 0.15) is 0 Å². The molecule has 2 nitrogen and oxygen atoms in total. The van der Waals surface area contributed by atoms with Gasteiger partial charge in [-0.05, 0) is 62.3 Å². The van der Waals surface area contributed by atoms with Gasteiger partial charge in [-0.1, -0.05) is 35.7 Å². The number of halogens is 1. The van der Waals surface area contributed by atoms with Crippen LogP contribution in [0.1, 0.15) is 61.4 Å². The monoisotopic (exact) mass is 337 g/mol. The van der Waals surface area contributed by atoms with Crippen LogP contribution >= 0.6 is 15.9 Å². The number of hydrogen-bond donors (Lipinski definition) is 1. The summed E-state index contributed by atoms with van der Waals surface area (Å²) in [7, 11) is 0. The first kappa shape index (κ1) is 15.6. The number of amides is 1. The summed E-state index contributed by atoms with van der Waals surface area (Å²) in [5.41, 5.74) is 1.86. The Morgan fingerprint density at radius 3 is 2.55 bits per heavy atom. The van der Waals surface area contributed by atoms with Gasteiger partial charge in [0.2, 0.25) is 0 Å². The topological polar surface area (TPSA) is 29.1 Å². The maximum Gasteiger partial charge on any atom is 0.251 e. The van der Waals surface area contributed by atoms with Crippen LogP contribution in [0.25, 0.3) is 0 Å². The van der Waals surface area contributed by atoms with Crippen LogP contribution in [-0.4, -0.2) is 11.9 Å². The molecule has 0 saturated heterocycles. The predicted octanol–water partition coefficient (Wildman–Crippen LogP) is 4.85. The summed E-state index contributed by atoms with van der Waals surface area (Å²) >= 11 is 3.45. The SMILES string of the molecule is CCCC1CCC(NC(=O)c2cc(C)cc(Br)c2)CC1. The van der Waals surface area contributed by atoms with Crippen molar-refractivity contribution in [2.24, 2.45) is 5.92 Å². The van der Waals surface area contributed by atoms with Crippen LogP contribution < -0.4 is 5.32 Å². The molecule has 1 aliphatic carbocycles. The Morgan fingerprint density at radius 2 is 1.95 bits per heavy atom. The van der Waals surface area contributed by atoms with Crippen molar-refractivity contribution in [2.75, 3.05) is 0 Å². The van der Waals surface area contributed by atoms with Crippen LogP contribution in [0.4, 0.5) is 0 Å². The minimum atomic E-state index is 0.0633. The smallest absolute Gasteiger partial charge is 0.251 e. The van der Waals surface area contributed by atoms with Gasteiger partial charge < -0.3 is 5.32 Å². The lowest BCUT2D eigenvalue weighted by Crippen LogP contribution is -2.37. The molecule has 2 rings (SSSR count). The zero-order valence-electron chi connectivity index (χ0n) is 12.4. The van der Waals surface area contributed by atoms with Crippen molar-refractivity contribution in [1.82, 2.24) is 5.32 Å². The lowest BCUT2D eigenvalue weighted by Gasteiger charge is -2.29. The summed E-state index contributed by atoms with van der Waals surface area (Å²) < 4.78 is 0.967. The highest BCUT2D eigenvalue weighted by Crippen LogP contribution is 2.28. The van der Waals surface area contributed by atoms with E-state index in [2.05, 4.69) is 28.2 Å². The summed E-state index contributed by atoms with van der Waals surface area (Å²) in [6.07, 6.45) is 7.39.